The number of rotatable bonds is 8. The highest BCUT2D eigenvalue weighted by molar-refractivity contribution is 7.98. The van der Waals surface area contributed by atoms with Crippen LogP contribution in [0.3, 0.4) is 0 Å². The Labute approximate surface area is 119 Å². The van der Waals surface area contributed by atoms with Gasteiger partial charge in [-0.05, 0) is 43.9 Å². The van der Waals surface area contributed by atoms with Crippen molar-refractivity contribution >= 4 is 17.7 Å². The number of phenolic OH excluding ortho intramolecular Hbond substituents is 1. The highest BCUT2D eigenvalue weighted by Crippen LogP contribution is 2.19. The van der Waals surface area contributed by atoms with Gasteiger partial charge in [0.25, 0.3) is 5.91 Å². The maximum Gasteiger partial charge on any atom is 0.251 e. The van der Waals surface area contributed by atoms with Crippen LogP contribution in [0.15, 0.2) is 18.2 Å². The molecule has 0 unspecified atom stereocenters. The van der Waals surface area contributed by atoms with E-state index in [2.05, 4.69) is 11.6 Å². The first-order valence-electron chi connectivity index (χ1n) is 6.72. The summed E-state index contributed by atoms with van der Waals surface area (Å²) in [6, 6.07) is 5.03. The lowest BCUT2D eigenvalue weighted by molar-refractivity contribution is 0.0952. The molecule has 0 fully saturated rings. The van der Waals surface area contributed by atoms with Gasteiger partial charge in [0.05, 0.1) is 0 Å². The molecule has 0 aliphatic heterocycles. The van der Waals surface area contributed by atoms with Crippen molar-refractivity contribution in [2.75, 3.05) is 18.6 Å². The molecule has 0 spiro atoms. The third kappa shape index (κ3) is 5.55. The number of hydrogen-bond donors (Lipinski definition) is 2. The summed E-state index contributed by atoms with van der Waals surface area (Å²) in [6.07, 6.45) is 6.76. The number of aromatic hydroxyl groups is 1. The van der Waals surface area contributed by atoms with Crippen LogP contribution in [0.5, 0.6) is 5.75 Å². The zero-order valence-corrected chi connectivity index (χ0v) is 12.6. The van der Waals surface area contributed by atoms with Crippen molar-refractivity contribution in [1.29, 1.82) is 0 Å². The van der Waals surface area contributed by atoms with Gasteiger partial charge >= 0.3 is 0 Å². The van der Waals surface area contributed by atoms with E-state index in [0.29, 0.717) is 17.7 Å². The summed E-state index contributed by atoms with van der Waals surface area (Å²) in [7, 11) is 0. The molecule has 0 bridgehead atoms. The molecule has 1 aromatic rings. The normalized spacial score (nSPS) is 10.4. The van der Waals surface area contributed by atoms with Gasteiger partial charge < -0.3 is 10.4 Å². The highest BCUT2D eigenvalue weighted by Gasteiger charge is 2.10. The first-order valence-corrected chi connectivity index (χ1v) is 8.12. The lowest BCUT2D eigenvalue weighted by Crippen LogP contribution is -2.25. The molecule has 1 amide bonds. The smallest absolute Gasteiger partial charge is 0.251 e. The number of nitrogens with one attached hydrogen (secondary N) is 1. The molecule has 19 heavy (non-hydrogen) atoms. The Hall–Kier alpha value is -1.16. The van der Waals surface area contributed by atoms with E-state index in [-0.39, 0.29) is 11.7 Å². The number of carbonyl (C=O) groups is 1. The summed E-state index contributed by atoms with van der Waals surface area (Å²) in [5.41, 5.74) is 1.20. The van der Waals surface area contributed by atoms with E-state index < -0.39 is 0 Å². The fraction of sp³-hybridized carbons (Fsp3) is 0.533. The van der Waals surface area contributed by atoms with E-state index in [1.54, 1.807) is 25.1 Å². The van der Waals surface area contributed by atoms with Crippen LogP contribution in [0.25, 0.3) is 0 Å². The number of amides is 1. The van der Waals surface area contributed by atoms with Crippen LogP contribution in [-0.4, -0.2) is 29.6 Å². The first kappa shape index (κ1) is 15.9. The number of carbonyl (C=O) groups excluding carboxylic acids is 1. The van der Waals surface area contributed by atoms with Crippen molar-refractivity contribution in [3.63, 3.8) is 0 Å². The second kappa shape index (κ2) is 8.86. The number of unbranched alkanes of at least 4 members (excludes halogenated alkanes) is 3. The second-order valence-corrected chi connectivity index (χ2v) is 5.60. The maximum absolute atomic E-state index is 11.9. The zero-order valence-electron chi connectivity index (χ0n) is 11.7. The van der Waals surface area contributed by atoms with Gasteiger partial charge in [-0.1, -0.05) is 18.9 Å². The lowest BCUT2D eigenvalue weighted by atomic mass is 10.1. The van der Waals surface area contributed by atoms with Gasteiger partial charge in [-0.3, -0.25) is 4.79 Å². The Kier molecular flexibility index (Phi) is 7.41. The Bertz CT molecular complexity index is 407. The van der Waals surface area contributed by atoms with E-state index in [0.717, 1.165) is 12.8 Å². The van der Waals surface area contributed by atoms with E-state index in [1.165, 1.54) is 18.6 Å². The molecule has 0 aliphatic rings. The Balaban J connectivity index is 2.26. The highest BCUT2D eigenvalue weighted by atomic mass is 32.2. The third-order valence-electron chi connectivity index (χ3n) is 3.11. The van der Waals surface area contributed by atoms with E-state index in [9.17, 15) is 9.90 Å². The molecule has 3 nitrogen and oxygen atoms in total. The van der Waals surface area contributed by atoms with Gasteiger partial charge in [0.1, 0.15) is 5.75 Å². The van der Waals surface area contributed by atoms with Gasteiger partial charge in [-0.25, -0.2) is 0 Å². The van der Waals surface area contributed by atoms with E-state index in [1.807, 2.05) is 11.8 Å². The van der Waals surface area contributed by atoms with Gasteiger partial charge in [0, 0.05) is 17.7 Å². The van der Waals surface area contributed by atoms with E-state index >= 15 is 0 Å². The fourth-order valence-corrected chi connectivity index (χ4v) is 2.38. The van der Waals surface area contributed by atoms with Crippen LogP contribution in [0.1, 0.15) is 41.6 Å². The topological polar surface area (TPSA) is 49.3 Å². The molecule has 4 heteroatoms. The van der Waals surface area contributed by atoms with Crippen LogP contribution in [-0.2, 0) is 0 Å². The molecule has 2 N–H and O–H groups in total. The summed E-state index contributed by atoms with van der Waals surface area (Å²) in [5.74, 6) is 1.29. The molecule has 106 valence electrons. The number of phenols is 1. The van der Waals surface area contributed by atoms with Crippen LogP contribution in [0, 0.1) is 6.92 Å². The quantitative estimate of drug-likeness (QED) is 0.718. The average molecular weight is 281 g/mol. The minimum atomic E-state index is -0.0995. The minimum absolute atomic E-state index is 0.0995. The van der Waals surface area contributed by atoms with Crippen molar-refractivity contribution in [2.45, 2.75) is 32.6 Å². The van der Waals surface area contributed by atoms with Crippen LogP contribution in [0.4, 0.5) is 0 Å². The van der Waals surface area contributed by atoms with Crippen LogP contribution < -0.4 is 5.32 Å². The van der Waals surface area contributed by atoms with Crippen molar-refractivity contribution in [1.82, 2.24) is 5.32 Å². The zero-order chi connectivity index (χ0) is 14.1. The number of hydrogen-bond acceptors (Lipinski definition) is 3. The molecule has 0 saturated carbocycles. The van der Waals surface area contributed by atoms with Crippen LogP contribution in [0.2, 0.25) is 0 Å². The van der Waals surface area contributed by atoms with Gasteiger partial charge in [0.15, 0.2) is 0 Å². The Morgan fingerprint density at radius 1 is 1.26 bits per heavy atom. The number of benzene rings is 1. The van der Waals surface area contributed by atoms with Crippen molar-refractivity contribution in [3.05, 3.63) is 29.3 Å². The predicted octanol–water partition coefficient (Wildman–Crippen LogP) is 3.35. The maximum atomic E-state index is 11.9. The first-order chi connectivity index (χ1) is 9.16. The van der Waals surface area contributed by atoms with Crippen molar-refractivity contribution in [3.8, 4) is 5.75 Å². The minimum Gasteiger partial charge on any atom is -0.508 e. The largest absolute Gasteiger partial charge is 0.508 e. The van der Waals surface area contributed by atoms with Gasteiger partial charge in [0.2, 0.25) is 0 Å². The summed E-state index contributed by atoms with van der Waals surface area (Å²) in [4.78, 5) is 11.9. The monoisotopic (exact) mass is 281 g/mol. The molecular formula is C15H23NO2S. The fourth-order valence-electron chi connectivity index (χ4n) is 1.89. The lowest BCUT2D eigenvalue weighted by Gasteiger charge is -2.08. The number of thioether (sulfide) groups is 1. The molecule has 0 heterocycles. The summed E-state index contributed by atoms with van der Waals surface area (Å²) < 4.78 is 0. The Morgan fingerprint density at radius 3 is 2.74 bits per heavy atom. The molecule has 0 aromatic heterocycles. The third-order valence-corrected chi connectivity index (χ3v) is 3.81. The second-order valence-electron chi connectivity index (χ2n) is 4.61. The average Bonchev–Trinajstić information content (AvgIpc) is 2.40. The molecule has 0 aliphatic carbocycles. The molecule has 1 rings (SSSR count). The predicted molar refractivity (Wildman–Crippen MR) is 82.0 cm³/mol. The molecule has 0 radical (unpaired) electrons. The molecule has 0 saturated heterocycles. The van der Waals surface area contributed by atoms with Crippen LogP contribution >= 0.6 is 11.8 Å². The molecule has 0 atom stereocenters. The van der Waals surface area contributed by atoms with Crippen molar-refractivity contribution < 1.29 is 9.90 Å². The summed E-state index contributed by atoms with van der Waals surface area (Å²) >= 11 is 1.88. The molecular weight excluding hydrogens is 258 g/mol. The van der Waals surface area contributed by atoms with Gasteiger partial charge in [-0.15, -0.1) is 0 Å². The van der Waals surface area contributed by atoms with E-state index in [4.69, 9.17) is 0 Å². The standard InChI is InChI=1S/C15H23NO2S/c1-12-13(8-7-9-14(12)17)15(18)16-10-5-3-4-6-11-19-2/h7-9,17H,3-6,10-11H2,1-2H3,(H,16,18). The Morgan fingerprint density at radius 2 is 2.00 bits per heavy atom. The van der Waals surface area contributed by atoms with Crippen molar-refractivity contribution in [2.24, 2.45) is 0 Å². The summed E-state index contributed by atoms with van der Waals surface area (Å²) in [6.45, 7) is 2.46. The van der Waals surface area contributed by atoms with Gasteiger partial charge in [-0.2, -0.15) is 11.8 Å². The molecule has 1 aromatic carbocycles. The SMILES string of the molecule is CSCCCCCCNC(=O)c1cccc(O)c1C. The summed E-state index contributed by atoms with van der Waals surface area (Å²) in [5, 5.41) is 12.5.